The van der Waals surface area contributed by atoms with Crippen LogP contribution in [0.2, 0.25) is 10.0 Å². The third kappa shape index (κ3) is 4.66. The average Bonchev–Trinajstić information content (AvgIpc) is 2.46. The van der Waals surface area contributed by atoms with Gasteiger partial charge in [0.15, 0.2) is 6.61 Å². The summed E-state index contributed by atoms with van der Waals surface area (Å²) in [6.07, 6.45) is 0.810. The van der Waals surface area contributed by atoms with Crippen molar-refractivity contribution in [1.29, 1.82) is 0 Å². The molecule has 0 spiro atoms. The highest BCUT2D eigenvalue weighted by molar-refractivity contribution is 6.31. The van der Waals surface area contributed by atoms with Crippen LogP contribution in [0.3, 0.4) is 0 Å². The van der Waals surface area contributed by atoms with Gasteiger partial charge in [-0.15, -0.1) is 0 Å². The Hall–Kier alpha value is -1.71. The van der Waals surface area contributed by atoms with Gasteiger partial charge in [0.2, 0.25) is 0 Å². The van der Waals surface area contributed by atoms with Crippen molar-refractivity contribution < 1.29 is 9.53 Å². The first-order valence-electron chi connectivity index (χ1n) is 6.55. The van der Waals surface area contributed by atoms with E-state index in [9.17, 15) is 4.79 Å². The van der Waals surface area contributed by atoms with Gasteiger partial charge in [0.25, 0.3) is 5.91 Å². The molecule has 0 saturated carbocycles. The summed E-state index contributed by atoms with van der Waals surface area (Å²) in [5.41, 5.74) is 1.63. The molecule has 2 aromatic carbocycles. The van der Waals surface area contributed by atoms with Crippen LogP contribution < -0.4 is 10.1 Å². The van der Waals surface area contributed by atoms with E-state index < -0.39 is 0 Å². The topological polar surface area (TPSA) is 38.3 Å². The summed E-state index contributed by atoms with van der Waals surface area (Å²) in [7, 11) is 0. The molecule has 1 amide bonds. The van der Waals surface area contributed by atoms with Crippen molar-refractivity contribution >= 4 is 34.8 Å². The standard InChI is InChI=1S/C16H15Cl2NO2/c1-2-11-8-14(6-7-15(11)18)21-10-16(20)19-13-5-3-4-12(17)9-13/h3-9H,2,10H2,1H3,(H,19,20). The lowest BCUT2D eigenvalue weighted by Gasteiger charge is -2.09. The zero-order valence-electron chi connectivity index (χ0n) is 11.5. The summed E-state index contributed by atoms with van der Waals surface area (Å²) < 4.78 is 5.46. The van der Waals surface area contributed by atoms with Crippen LogP contribution in [0.1, 0.15) is 12.5 Å². The number of hydrogen-bond donors (Lipinski definition) is 1. The maximum Gasteiger partial charge on any atom is 0.262 e. The maximum absolute atomic E-state index is 11.8. The molecular weight excluding hydrogens is 309 g/mol. The second kappa shape index (κ2) is 7.34. The molecule has 2 aromatic rings. The lowest BCUT2D eigenvalue weighted by Crippen LogP contribution is -2.20. The first-order valence-corrected chi connectivity index (χ1v) is 7.30. The fourth-order valence-corrected chi connectivity index (χ4v) is 2.27. The molecule has 0 aliphatic carbocycles. The number of aryl methyl sites for hydroxylation is 1. The largest absolute Gasteiger partial charge is 0.484 e. The molecule has 0 unspecified atom stereocenters. The van der Waals surface area contributed by atoms with Crippen LogP contribution in [0.15, 0.2) is 42.5 Å². The summed E-state index contributed by atoms with van der Waals surface area (Å²) in [5.74, 6) is 0.378. The minimum atomic E-state index is -0.245. The van der Waals surface area contributed by atoms with Crippen LogP contribution in [0.4, 0.5) is 5.69 Å². The third-order valence-corrected chi connectivity index (χ3v) is 3.48. The van der Waals surface area contributed by atoms with Gasteiger partial charge in [0, 0.05) is 15.7 Å². The number of carbonyl (C=O) groups is 1. The average molecular weight is 324 g/mol. The zero-order chi connectivity index (χ0) is 15.2. The number of hydrogen-bond acceptors (Lipinski definition) is 2. The predicted molar refractivity (Wildman–Crippen MR) is 86.4 cm³/mol. The maximum atomic E-state index is 11.8. The van der Waals surface area contributed by atoms with Gasteiger partial charge >= 0.3 is 0 Å². The number of halogens is 2. The van der Waals surface area contributed by atoms with Crippen molar-refractivity contribution in [2.75, 3.05) is 11.9 Å². The summed E-state index contributed by atoms with van der Waals surface area (Å²) in [6, 6.07) is 12.3. The molecule has 110 valence electrons. The molecule has 3 nitrogen and oxygen atoms in total. The first kappa shape index (κ1) is 15.7. The van der Waals surface area contributed by atoms with Crippen LogP contribution in [-0.2, 0) is 11.2 Å². The van der Waals surface area contributed by atoms with Crippen molar-refractivity contribution in [3.05, 3.63) is 58.1 Å². The normalized spacial score (nSPS) is 10.2. The van der Waals surface area contributed by atoms with E-state index in [1.54, 1.807) is 36.4 Å². The molecular formula is C16H15Cl2NO2. The Kier molecular flexibility index (Phi) is 5.48. The van der Waals surface area contributed by atoms with Gasteiger partial charge in [0.1, 0.15) is 5.75 Å². The number of anilines is 1. The summed E-state index contributed by atoms with van der Waals surface area (Å²) in [4.78, 5) is 11.8. The Bertz CT molecular complexity index is 644. The van der Waals surface area contributed by atoms with Gasteiger partial charge in [0.05, 0.1) is 0 Å². The summed E-state index contributed by atoms with van der Waals surface area (Å²) in [6.45, 7) is 1.94. The minimum absolute atomic E-state index is 0.0721. The zero-order valence-corrected chi connectivity index (χ0v) is 13.0. The smallest absolute Gasteiger partial charge is 0.262 e. The summed E-state index contributed by atoms with van der Waals surface area (Å²) in [5, 5.41) is 3.99. The SMILES string of the molecule is CCc1cc(OCC(=O)Nc2cccc(Cl)c2)ccc1Cl. The second-order valence-corrected chi connectivity index (χ2v) is 5.30. The van der Waals surface area contributed by atoms with Crippen molar-refractivity contribution in [3.63, 3.8) is 0 Å². The second-order valence-electron chi connectivity index (χ2n) is 4.45. The van der Waals surface area contributed by atoms with Crippen LogP contribution in [0, 0.1) is 0 Å². The van der Waals surface area contributed by atoms with Crippen molar-refractivity contribution in [2.45, 2.75) is 13.3 Å². The highest BCUT2D eigenvalue weighted by Gasteiger charge is 2.06. The molecule has 0 aliphatic rings. The van der Waals surface area contributed by atoms with Gasteiger partial charge in [-0.2, -0.15) is 0 Å². The Morgan fingerprint density at radius 2 is 2.00 bits per heavy atom. The van der Waals surface area contributed by atoms with E-state index in [0.29, 0.717) is 21.5 Å². The molecule has 5 heteroatoms. The molecule has 0 atom stereocenters. The molecule has 0 aliphatic heterocycles. The van der Waals surface area contributed by atoms with Crippen LogP contribution in [-0.4, -0.2) is 12.5 Å². The molecule has 0 heterocycles. The van der Waals surface area contributed by atoms with Crippen molar-refractivity contribution in [2.24, 2.45) is 0 Å². The van der Waals surface area contributed by atoms with E-state index in [4.69, 9.17) is 27.9 Å². The van der Waals surface area contributed by atoms with Gasteiger partial charge in [-0.25, -0.2) is 0 Å². The molecule has 21 heavy (non-hydrogen) atoms. The Morgan fingerprint density at radius 1 is 1.19 bits per heavy atom. The number of nitrogens with one attached hydrogen (secondary N) is 1. The predicted octanol–water partition coefficient (Wildman–Crippen LogP) is 4.57. The van der Waals surface area contributed by atoms with Gasteiger partial charge in [-0.1, -0.05) is 36.2 Å². The highest BCUT2D eigenvalue weighted by atomic mass is 35.5. The van der Waals surface area contributed by atoms with Crippen molar-refractivity contribution in [1.82, 2.24) is 0 Å². The van der Waals surface area contributed by atoms with Gasteiger partial charge < -0.3 is 10.1 Å². The number of benzene rings is 2. The van der Waals surface area contributed by atoms with Crippen LogP contribution >= 0.6 is 23.2 Å². The third-order valence-electron chi connectivity index (χ3n) is 2.88. The Labute approximate surface area is 133 Å². The highest BCUT2D eigenvalue weighted by Crippen LogP contribution is 2.22. The van der Waals surface area contributed by atoms with E-state index in [2.05, 4.69) is 5.32 Å². The van der Waals surface area contributed by atoms with E-state index >= 15 is 0 Å². The number of rotatable bonds is 5. The first-order chi connectivity index (χ1) is 10.1. The fraction of sp³-hybridized carbons (Fsp3) is 0.188. The van der Waals surface area contributed by atoms with Crippen LogP contribution in [0.5, 0.6) is 5.75 Å². The number of carbonyl (C=O) groups excluding carboxylic acids is 1. The van der Waals surface area contributed by atoms with E-state index in [1.165, 1.54) is 0 Å². The van der Waals surface area contributed by atoms with Gasteiger partial charge in [-0.3, -0.25) is 4.79 Å². The minimum Gasteiger partial charge on any atom is -0.484 e. The fourth-order valence-electron chi connectivity index (χ4n) is 1.82. The van der Waals surface area contributed by atoms with E-state index in [-0.39, 0.29) is 12.5 Å². The quantitative estimate of drug-likeness (QED) is 0.875. The van der Waals surface area contributed by atoms with E-state index in [1.807, 2.05) is 13.0 Å². The molecule has 2 rings (SSSR count). The molecule has 0 fully saturated rings. The summed E-state index contributed by atoms with van der Waals surface area (Å²) >= 11 is 11.9. The van der Waals surface area contributed by atoms with Crippen LogP contribution in [0.25, 0.3) is 0 Å². The lowest BCUT2D eigenvalue weighted by atomic mass is 10.1. The molecule has 0 bridgehead atoms. The number of ether oxygens (including phenoxy) is 1. The molecule has 0 aromatic heterocycles. The molecule has 0 radical (unpaired) electrons. The van der Waals surface area contributed by atoms with Gasteiger partial charge in [-0.05, 0) is 48.4 Å². The van der Waals surface area contributed by atoms with Crippen molar-refractivity contribution in [3.8, 4) is 5.75 Å². The lowest BCUT2D eigenvalue weighted by molar-refractivity contribution is -0.118. The van der Waals surface area contributed by atoms with E-state index in [0.717, 1.165) is 12.0 Å². The molecule has 1 N–H and O–H groups in total. The Morgan fingerprint density at radius 3 is 2.71 bits per heavy atom. The Balaban J connectivity index is 1.92. The monoisotopic (exact) mass is 323 g/mol. The number of amides is 1. The molecule has 0 saturated heterocycles.